The third kappa shape index (κ3) is 5.38. The molecule has 8 nitrogen and oxygen atoms in total. The van der Waals surface area contributed by atoms with Crippen molar-refractivity contribution in [3.8, 4) is 0 Å². The zero-order chi connectivity index (χ0) is 21.7. The fourth-order valence-corrected chi connectivity index (χ4v) is 4.09. The smallest absolute Gasteiger partial charge is 0.361 e. The van der Waals surface area contributed by atoms with Crippen molar-refractivity contribution in [3.63, 3.8) is 0 Å². The summed E-state index contributed by atoms with van der Waals surface area (Å²) in [6.45, 7) is 6.45. The van der Waals surface area contributed by atoms with E-state index in [0.717, 1.165) is 12.1 Å². The second-order valence-electron chi connectivity index (χ2n) is 7.11. The summed E-state index contributed by atoms with van der Waals surface area (Å²) < 4.78 is 18.0. The first-order valence-corrected chi connectivity index (χ1v) is 10.8. The first-order valence-electron chi connectivity index (χ1n) is 9.53. The number of ether oxygens (including phenoxy) is 1. The summed E-state index contributed by atoms with van der Waals surface area (Å²) in [6, 6.07) is 2.10. The molecule has 3 rings (SSSR count). The predicted octanol–water partition coefficient (Wildman–Crippen LogP) is 3.47. The number of pyridine rings is 1. The highest BCUT2D eigenvalue weighted by Gasteiger charge is 2.46. The summed E-state index contributed by atoms with van der Waals surface area (Å²) in [7, 11) is 0. The predicted molar refractivity (Wildman–Crippen MR) is 113 cm³/mol. The van der Waals surface area contributed by atoms with Crippen LogP contribution < -0.4 is 4.65 Å². The number of alkyl halides is 1. The van der Waals surface area contributed by atoms with Crippen molar-refractivity contribution in [2.24, 2.45) is 0 Å². The number of carbonyl (C=O) groups excluding carboxylic acids is 1. The van der Waals surface area contributed by atoms with Crippen molar-refractivity contribution in [1.29, 1.82) is 0 Å². The molecule has 0 amide bonds. The summed E-state index contributed by atoms with van der Waals surface area (Å²) in [4.78, 5) is 18.2. The SMILES string of the molecule is C=CCCN1CC(OC(=O)c2cc(F)ccn2)[N+]([O-])(c2nnc(CCC(C)Cl)s2)C1. The largest absolute Gasteiger partial charge is 0.622 e. The molecule has 2 aromatic rings. The van der Waals surface area contributed by atoms with Crippen LogP contribution in [0.5, 0.6) is 0 Å². The average molecular weight is 456 g/mol. The number of hydroxylamine groups is 2. The molecule has 3 unspecified atom stereocenters. The molecule has 0 aliphatic carbocycles. The van der Waals surface area contributed by atoms with Gasteiger partial charge in [0, 0.05) is 30.6 Å². The van der Waals surface area contributed by atoms with Crippen LogP contribution in [-0.4, -0.2) is 57.4 Å². The van der Waals surface area contributed by atoms with E-state index in [-0.39, 0.29) is 29.4 Å². The minimum atomic E-state index is -1.07. The third-order valence-corrected chi connectivity index (χ3v) is 5.96. The number of carbonyl (C=O) groups is 1. The highest BCUT2D eigenvalue weighted by molar-refractivity contribution is 7.15. The van der Waals surface area contributed by atoms with E-state index in [0.29, 0.717) is 30.8 Å². The summed E-state index contributed by atoms with van der Waals surface area (Å²) in [5.74, 6) is -1.47. The molecule has 0 aromatic carbocycles. The Hall–Kier alpha value is -1.98. The number of hydrogen-bond donors (Lipinski definition) is 0. The molecular formula is C19H23ClFN5O3S. The fourth-order valence-electron chi connectivity index (χ4n) is 3.06. The third-order valence-electron chi connectivity index (χ3n) is 4.65. The molecule has 3 heterocycles. The Bertz CT molecular complexity index is 899. The number of halogens is 2. The molecule has 1 aliphatic heterocycles. The standard InChI is InChI=1S/C19H23ClFN5O3S/c1-3-4-9-25-11-17(29-18(27)15-10-14(21)7-8-22-15)26(28,12-25)19-24-23-16(30-19)6-5-13(2)20/h3,7-8,10,13,17H,1,4-6,9,11-12H2,2H3. The molecule has 0 bridgehead atoms. The molecule has 1 saturated heterocycles. The normalized spacial score (nSPS) is 22.7. The molecule has 1 fully saturated rings. The summed E-state index contributed by atoms with van der Waals surface area (Å²) in [6.07, 6.45) is 3.86. The molecule has 0 saturated carbocycles. The monoisotopic (exact) mass is 455 g/mol. The van der Waals surface area contributed by atoms with Gasteiger partial charge < -0.3 is 9.94 Å². The number of nitrogens with zero attached hydrogens (tertiary/aromatic N) is 5. The van der Waals surface area contributed by atoms with Crippen LogP contribution in [-0.2, 0) is 11.2 Å². The average Bonchev–Trinajstić information content (AvgIpc) is 3.30. The maximum Gasteiger partial charge on any atom is 0.361 e. The maximum absolute atomic E-state index is 13.8. The van der Waals surface area contributed by atoms with E-state index in [9.17, 15) is 14.4 Å². The first kappa shape index (κ1) is 22.7. The van der Waals surface area contributed by atoms with Crippen LogP contribution in [0.1, 0.15) is 35.3 Å². The van der Waals surface area contributed by atoms with Gasteiger partial charge in [-0.05, 0) is 37.2 Å². The first-order chi connectivity index (χ1) is 14.3. The van der Waals surface area contributed by atoms with Crippen LogP contribution in [0.15, 0.2) is 31.0 Å². The van der Waals surface area contributed by atoms with E-state index in [1.807, 2.05) is 11.8 Å². The Morgan fingerprint density at radius 2 is 2.40 bits per heavy atom. The number of aryl methyl sites for hydroxylation is 1. The van der Waals surface area contributed by atoms with Crippen LogP contribution >= 0.6 is 22.9 Å². The second kappa shape index (κ2) is 9.88. The minimum Gasteiger partial charge on any atom is -0.622 e. The molecule has 1 aliphatic rings. The van der Waals surface area contributed by atoms with Crippen LogP contribution in [0.25, 0.3) is 0 Å². The van der Waals surface area contributed by atoms with Gasteiger partial charge in [-0.15, -0.1) is 23.3 Å². The molecule has 30 heavy (non-hydrogen) atoms. The summed E-state index contributed by atoms with van der Waals surface area (Å²) in [5, 5.41) is 22.9. The van der Waals surface area contributed by atoms with Crippen LogP contribution in [0.4, 0.5) is 9.52 Å². The zero-order valence-corrected chi connectivity index (χ0v) is 18.1. The van der Waals surface area contributed by atoms with Gasteiger partial charge in [0.1, 0.15) is 17.5 Å². The Morgan fingerprint density at radius 3 is 3.10 bits per heavy atom. The highest BCUT2D eigenvalue weighted by atomic mass is 35.5. The van der Waals surface area contributed by atoms with Gasteiger partial charge in [0.05, 0.1) is 6.54 Å². The van der Waals surface area contributed by atoms with Crippen LogP contribution in [0.3, 0.4) is 0 Å². The molecule has 2 aromatic heterocycles. The molecule has 11 heteroatoms. The topological polar surface area (TPSA) is 91.3 Å². The van der Waals surface area contributed by atoms with Gasteiger partial charge in [-0.25, -0.2) is 19.1 Å². The van der Waals surface area contributed by atoms with Crippen molar-refractivity contribution in [1.82, 2.24) is 24.7 Å². The Morgan fingerprint density at radius 1 is 1.60 bits per heavy atom. The highest BCUT2D eigenvalue weighted by Crippen LogP contribution is 2.35. The minimum absolute atomic E-state index is 0.0126. The maximum atomic E-state index is 13.8. The van der Waals surface area contributed by atoms with Crippen LogP contribution in [0, 0.1) is 11.0 Å². The number of hydrogen-bond acceptors (Lipinski definition) is 8. The van der Waals surface area contributed by atoms with E-state index in [2.05, 4.69) is 21.8 Å². The van der Waals surface area contributed by atoms with Crippen molar-refractivity contribution in [3.05, 3.63) is 52.7 Å². The van der Waals surface area contributed by atoms with Gasteiger partial charge in [0.15, 0.2) is 5.69 Å². The van der Waals surface area contributed by atoms with E-state index < -0.39 is 22.7 Å². The van der Waals surface area contributed by atoms with E-state index in [1.165, 1.54) is 17.5 Å². The number of quaternary nitrogens is 1. The van der Waals surface area contributed by atoms with Gasteiger partial charge >= 0.3 is 11.1 Å². The van der Waals surface area contributed by atoms with E-state index >= 15 is 0 Å². The fraction of sp³-hybridized carbons (Fsp3) is 0.474. The number of esters is 1. The summed E-state index contributed by atoms with van der Waals surface area (Å²) >= 11 is 7.18. The molecule has 162 valence electrons. The lowest BCUT2D eigenvalue weighted by molar-refractivity contribution is 0.00483. The zero-order valence-electron chi connectivity index (χ0n) is 16.5. The molecule has 0 spiro atoms. The lowest BCUT2D eigenvalue weighted by atomic mass is 10.2. The second-order valence-corrected chi connectivity index (χ2v) is 8.89. The van der Waals surface area contributed by atoms with E-state index in [1.54, 1.807) is 6.08 Å². The van der Waals surface area contributed by atoms with Crippen molar-refractivity contribution < 1.29 is 13.9 Å². The quantitative estimate of drug-likeness (QED) is 0.188. The van der Waals surface area contributed by atoms with E-state index in [4.69, 9.17) is 16.3 Å². The Balaban J connectivity index is 1.81. The molecular weight excluding hydrogens is 433 g/mol. The molecule has 0 radical (unpaired) electrons. The molecule has 0 N–H and O–H groups in total. The molecule has 3 atom stereocenters. The van der Waals surface area contributed by atoms with Gasteiger partial charge in [0.25, 0.3) is 6.23 Å². The van der Waals surface area contributed by atoms with Gasteiger partial charge in [0.2, 0.25) is 0 Å². The number of rotatable bonds is 9. The number of aromatic nitrogens is 3. The summed E-state index contributed by atoms with van der Waals surface area (Å²) in [5.41, 5.74) is -0.194. The Labute approximate surface area is 183 Å². The van der Waals surface area contributed by atoms with Crippen LogP contribution in [0.2, 0.25) is 0 Å². The lowest BCUT2D eigenvalue weighted by Gasteiger charge is -2.38. The van der Waals surface area contributed by atoms with Gasteiger partial charge in [-0.3, -0.25) is 4.65 Å². The van der Waals surface area contributed by atoms with Crippen molar-refractivity contribution in [2.45, 2.75) is 37.8 Å². The van der Waals surface area contributed by atoms with Crippen molar-refractivity contribution >= 4 is 34.0 Å². The Kier molecular flexibility index (Phi) is 7.48. The lowest BCUT2D eigenvalue weighted by Crippen LogP contribution is -2.51. The van der Waals surface area contributed by atoms with Gasteiger partial charge in [-0.1, -0.05) is 11.2 Å². The van der Waals surface area contributed by atoms with Crippen molar-refractivity contribution in [2.75, 3.05) is 19.8 Å². The van der Waals surface area contributed by atoms with Gasteiger partial charge in [-0.2, -0.15) is 0 Å².